The molecule has 6 heteroatoms. The molecule has 20 heavy (non-hydrogen) atoms. The Morgan fingerprint density at radius 2 is 1.95 bits per heavy atom. The third kappa shape index (κ3) is 3.48. The highest BCUT2D eigenvalue weighted by Crippen LogP contribution is 2.32. The molecule has 1 aromatic rings. The van der Waals surface area contributed by atoms with Crippen molar-refractivity contribution in [1.29, 1.82) is 0 Å². The van der Waals surface area contributed by atoms with Gasteiger partial charge in [-0.15, -0.1) is 0 Å². The topological polar surface area (TPSA) is 49.4 Å². The average Bonchev–Trinajstić information content (AvgIpc) is 2.38. The Labute approximate surface area is 126 Å². The van der Waals surface area contributed by atoms with Crippen LogP contribution in [0.3, 0.4) is 0 Å². The molecule has 0 unspecified atom stereocenters. The van der Waals surface area contributed by atoms with Crippen LogP contribution in [0.4, 0.5) is 5.69 Å². The van der Waals surface area contributed by atoms with Crippen molar-refractivity contribution in [2.45, 2.75) is 30.4 Å². The molecule has 4 nitrogen and oxygen atoms in total. The average molecular weight is 314 g/mol. The lowest BCUT2D eigenvalue weighted by atomic mass is 10.2. The van der Waals surface area contributed by atoms with Crippen molar-refractivity contribution >= 4 is 27.5 Å². The van der Waals surface area contributed by atoms with Gasteiger partial charge in [0.25, 0.3) is 0 Å². The molecule has 0 atom stereocenters. The highest BCUT2D eigenvalue weighted by Gasteiger charge is 2.34. The van der Waals surface area contributed by atoms with Gasteiger partial charge < -0.3 is 5.32 Å². The van der Waals surface area contributed by atoms with Gasteiger partial charge in [-0.25, -0.2) is 8.42 Å². The molecule has 0 amide bonds. The van der Waals surface area contributed by atoms with Crippen LogP contribution in [-0.4, -0.2) is 42.9 Å². The second-order valence-corrected chi connectivity index (χ2v) is 9.24. The van der Waals surface area contributed by atoms with Crippen molar-refractivity contribution in [3.8, 4) is 0 Å². The molecule has 1 N–H and O–H groups in total. The summed E-state index contributed by atoms with van der Waals surface area (Å²) in [7, 11) is -3.37. The van der Waals surface area contributed by atoms with E-state index in [2.05, 4.69) is 19.2 Å². The first-order valence-corrected chi connectivity index (χ1v) is 9.26. The van der Waals surface area contributed by atoms with Crippen LogP contribution in [0.1, 0.15) is 20.8 Å². The summed E-state index contributed by atoms with van der Waals surface area (Å²) in [5.41, 5.74) is 0.945. The minimum absolute atomic E-state index is 0.0188. The van der Waals surface area contributed by atoms with Gasteiger partial charge in [0, 0.05) is 35.8 Å². The molecular weight excluding hydrogens is 292 g/mol. The maximum absolute atomic E-state index is 12.6. The van der Waals surface area contributed by atoms with Crippen molar-refractivity contribution in [2.75, 3.05) is 30.7 Å². The predicted molar refractivity (Wildman–Crippen MR) is 85.9 cm³/mol. The second kappa shape index (κ2) is 5.95. The van der Waals surface area contributed by atoms with E-state index in [9.17, 15) is 8.42 Å². The largest absolute Gasteiger partial charge is 0.385 e. The van der Waals surface area contributed by atoms with Crippen molar-refractivity contribution in [2.24, 2.45) is 0 Å². The van der Waals surface area contributed by atoms with E-state index < -0.39 is 10.0 Å². The van der Waals surface area contributed by atoms with Crippen LogP contribution in [0.25, 0.3) is 0 Å². The van der Waals surface area contributed by atoms with Gasteiger partial charge in [0.1, 0.15) is 0 Å². The molecule has 0 spiro atoms. The molecule has 0 aromatic heterocycles. The van der Waals surface area contributed by atoms with Crippen molar-refractivity contribution in [1.82, 2.24) is 4.31 Å². The van der Waals surface area contributed by atoms with E-state index >= 15 is 0 Å². The van der Waals surface area contributed by atoms with Crippen molar-refractivity contribution in [3.05, 3.63) is 24.3 Å². The summed E-state index contributed by atoms with van der Waals surface area (Å²) in [5.74, 6) is 0.849. The lowest BCUT2D eigenvalue weighted by molar-refractivity contribution is 0.387. The lowest BCUT2D eigenvalue weighted by Gasteiger charge is -2.36. The Kier molecular flexibility index (Phi) is 4.66. The SMILES string of the molecule is CCNc1ccc(S(=O)(=O)N2CCSC(C)(C)C2)cc1. The van der Waals surface area contributed by atoms with E-state index in [0.717, 1.165) is 18.0 Å². The summed E-state index contributed by atoms with van der Waals surface area (Å²) in [6.07, 6.45) is 0. The maximum Gasteiger partial charge on any atom is 0.243 e. The molecule has 1 aromatic carbocycles. The zero-order valence-corrected chi connectivity index (χ0v) is 13.9. The van der Waals surface area contributed by atoms with Gasteiger partial charge in [-0.2, -0.15) is 16.1 Å². The molecule has 2 rings (SSSR count). The number of benzene rings is 1. The number of anilines is 1. The molecule has 1 aliphatic heterocycles. The monoisotopic (exact) mass is 314 g/mol. The number of nitrogens with one attached hydrogen (secondary N) is 1. The summed E-state index contributed by atoms with van der Waals surface area (Å²) < 4.78 is 26.9. The van der Waals surface area contributed by atoms with Gasteiger partial charge in [-0.05, 0) is 45.0 Å². The lowest BCUT2D eigenvalue weighted by Crippen LogP contribution is -2.46. The number of nitrogens with zero attached hydrogens (tertiary/aromatic N) is 1. The first-order valence-electron chi connectivity index (χ1n) is 6.83. The number of hydrogen-bond acceptors (Lipinski definition) is 4. The van der Waals surface area contributed by atoms with Gasteiger partial charge >= 0.3 is 0 Å². The van der Waals surface area contributed by atoms with Crippen molar-refractivity contribution < 1.29 is 8.42 Å². The zero-order valence-electron chi connectivity index (χ0n) is 12.2. The molecule has 0 aliphatic carbocycles. The summed E-state index contributed by atoms with van der Waals surface area (Å²) in [4.78, 5) is 0.377. The fraction of sp³-hybridized carbons (Fsp3) is 0.571. The summed E-state index contributed by atoms with van der Waals surface area (Å²) in [6, 6.07) is 7.00. The summed E-state index contributed by atoms with van der Waals surface area (Å²) >= 11 is 1.83. The van der Waals surface area contributed by atoms with E-state index in [0.29, 0.717) is 18.0 Å². The van der Waals surface area contributed by atoms with E-state index in [1.165, 1.54) is 0 Å². The smallest absolute Gasteiger partial charge is 0.243 e. The fourth-order valence-corrected chi connectivity index (χ4v) is 5.19. The Hall–Kier alpha value is -0.720. The maximum atomic E-state index is 12.6. The van der Waals surface area contributed by atoms with E-state index in [1.54, 1.807) is 16.4 Å². The molecule has 112 valence electrons. The minimum Gasteiger partial charge on any atom is -0.385 e. The van der Waals surface area contributed by atoms with Gasteiger partial charge in [0.2, 0.25) is 10.0 Å². The first kappa shape index (κ1) is 15.7. The number of hydrogen-bond donors (Lipinski definition) is 1. The summed E-state index contributed by atoms with van der Waals surface area (Å²) in [6.45, 7) is 8.17. The van der Waals surface area contributed by atoms with E-state index in [1.807, 2.05) is 30.8 Å². The van der Waals surface area contributed by atoms with Crippen LogP contribution >= 0.6 is 11.8 Å². The highest BCUT2D eigenvalue weighted by molar-refractivity contribution is 8.00. The van der Waals surface area contributed by atoms with Crippen LogP contribution in [0, 0.1) is 0 Å². The standard InChI is InChI=1S/C14H22N2O2S2/c1-4-15-12-5-7-13(8-6-12)20(17,18)16-9-10-19-14(2,3)11-16/h5-8,15H,4,9-11H2,1-3H3. The van der Waals surface area contributed by atoms with Crippen molar-refractivity contribution in [3.63, 3.8) is 0 Å². The highest BCUT2D eigenvalue weighted by atomic mass is 32.2. The molecular formula is C14H22N2O2S2. The van der Waals surface area contributed by atoms with E-state index in [-0.39, 0.29) is 4.75 Å². The number of sulfonamides is 1. The first-order chi connectivity index (χ1) is 9.35. The van der Waals surface area contributed by atoms with Gasteiger partial charge in [-0.1, -0.05) is 0 Å². The zero-order chi connectivity index (χ0) is 14.8. The number of rotatable bonds is 4. The Morgan fingerprint density at radius 3 is 2.50 bits per heavy atom. The van der Waals surface area contributed by atoms with Crippen LogP contribution in [0.2, 0.25) is 0 Å². The molecule has 0 radical (unpaired) electrons. The molecule has 1 aliphatic rings. The van der Waals surface area contributed by atoms with Crippen LogP contribution in [-0.2, 0) is 10.0 Å². The Balaban J connectivity index is 2.21. The molecule has 0 bridgehead atoms. The van der Waals surface area contributed by atoms with Crippen LogP contribution in [0.15, 0.2) is 29.2 Å². The Morgan fingerprint density at radius 1 is 1.30 bits per heavy atom. The number of thioether (sulfide) groups is 1. The van der Waals surface area contributed by atoms with Gasteiger partial charge in [-0.3, -0.25) is 0 Å². The Bertz CT molecular complexity index is 553. The summed E-state index contributed by atoms with van der Waals surface area (Å²) in [5, 5.41) is 3.17. The normalized spacial score (nSPS) is 19.8. The third-order valence-electron chi connectivity index (χ3n) is 3.26. The molecule has 1 fully saturated rings. The van der Waals surface area contributed by atoms with Crippen LogP contribution < -0.4 is 5.32 Å². The quantitative estimate of drug-likeness (QED) is 0.928. The molecule has 1 saturated heterocycles. The van der Waals surface area contributed by atoms with E-state index in [4.69, 9.17) is 0 Å². The third-order valence-corrected chi connectivity index (χ3v) is 6.42. The minimum atomic E-state index is -3.37. The van der Waals surface area contributed by atoms with Gasteiger partial charge in [0.15, 0.2) is 0 Å². The van der Waals surface area contributed by atoms with Crippen LogP contribution in [0.5, 0.6) is 0 Å². The predicted octanol–water partition coefficient (Wildman–Crippen LogP) is 2.63. The molecule has 0 saturated carbocycles. The van der Waals surface area contributed by atoms with Gasteiger partial charge in [0.05, 0.1) is 4.90 Å². The fourth-order valence-electron chi connectivity index (χ4n) is 2.28. The molecule has 1 heterocycles. The second-order valence-electron chi connectivity index (χ2n) is 5.50.